The Labute approximate surface area is 94.8 Å². The van der Waals surface area contributed by atoms with Crippen LogP contribution in [0.15, 0.2) is 0 Å². The molecule has 2 atom stereocenters. The van der Waals surface area contributed by atoms with E-state index in [-0.39, 0.29) is 0 Å². The molecule has 0 amide bonds. The van der Waals surface area contributed by atoms with Gasteiger partial charge >= 0.3 is 0 Å². The van der Waals surface area contributed by atoms with Gasteiger partial charge in [0, 0.05) is 13.2 Å². The molecule has 1 aliphatic heterocycles. The average Bonchev–Trinajstić information content (AvgIpc) is 2.67. The second-order valence-electron chi connectivity index (χ2n) is 4.66. The monoisotopic (exact) mass is 213 g/mol. The fourth-order valence-electron chi connectivity index (χ4n) is 2.31. The van der Waals surface area contributed by atoms with E-state index >= 15 is 0 Å². The van der Waals surface area contributed by atoms with E-state index in [0.29, 0.717) is 6.10 Å². The third kappa shape index (κ3) is 4.98. The fourth-order valence-corrected chi connectivity index (χ4v) is 2.31. The molecule has 1 rings (SSSR count). The predicted molar refractivity (Wildman–Crippen MR) is 65.1 cm³/mol. The molecule has 90 valence electrons. The average molecular weight is 213 g/mol. The van der Waals surface area contributed by atoms with Crippen LogP contribution in [0.5, 0.6) is 0 Å². The maximum atomic E-state index is 5.80. The van der Waals surface area contributed by atoms with Crippen molar-refractivity contribution in [2.24, 2.45) is 5.92 Å². The van der Waals surface area contributed by atoms with Crippen LogP contribution in [0.2, 0.25) is 0 Å². The van der Waals surface area contributed by atoms with E-state index in [4.69, 9.17) is 4.74 Å². The molecule has 0 aromatic rings. The molecule has 2 heteroatoms. The van der Waals surface area contributed by atoms with Gasteiger partial charge in [0.1, 0.15) is 0 Å². The van der Waals surface area contributed by atoms with E-state index in [1.807, 2.05) is 0 Å². The van der Waals surface area contributed by atoms with E-state index < -0.39 is 0 Å². The van der Waals surface area contributed by atoms with Crippen LogP contribution >= 0.6 is 0 Å². The van der Waals surface area contributed by atoms with Gasteiger partial charge in [-0.2, -0.15) is 0 Å². The Kier molecular flexibility index (Phi) is 7.03. The summed E-state index contributed by atoms with van der Waals surface area (Å²) in [5, 5.41) is 3.52. The van der Waals surface area contributed by atoms with Crippen molar-refractivity contribution >= 4 is 0 Å². The molecule has 0 spiro atoms. The van der Waals surface area contributed by atoms with Crippen molar-refractivity contribution in [2.45, 2.75) is 58.5 Å². The highest BCUT2D eigenvalue weighted by Gasteiger charge is 2.26. The number of hydrogen-bond acceptors (Lipinski definition) is 2. The third-order valence-corrected chi connectivity index (χ3v) is 3.27. The number of unbranched alkanes of at least 4 members (excludes halogenated alkanes) is 2. The highest BCUT2D eigenvalue weighted by Crippen LogP contribution is 2.24. The van der Waals surface area contributed by atoms with Crippen LogP contribution in [-0.4, -0.2) is 25.8 Å². The van der Waals surface area contributed by atoms with Gasteiger partial charge < -0.3 is 10.1 Å². The summed E-state index contributed by atoms with van der Waals surface area (Å²) < 4.78 is 5.80. The molecule has 0 bridgehead atoms. The molecule has 2 nitrogen and oxygen atoms in total. The third-order valence-electron chi connectivity index (χ3n) is 3.27. The van der Waals surface area contributed by atoms with E-state index in [1.54, 1.807) is 0 Å². The zero-order valence-corrected chi connectivity index (χ0v) is 10.4. The minimum atomic E-state index is 0.543. The van der Waals surface area contributed by atoms with Crippen LogP contribution in [0.1, 0.15) is 52.4 Å². The molecule has 2 unspecified atom stereocenters. The van der Waals surface area contributed by atoms with Crippen LogP contribution in [0, 0.1) is 5.92 Å². The van der Waals surface area contributed by atoms with E-state index in [2.05, 4.69) is 19.2 Å². The van der Waals surface area contributed by atoms with Crippen LogP contribution in [0.25, 0.3) is 0 Å². The minimum absolute atomic E-state index is 0.543. The second-order valence-corrected chi connectivity index (χ2v) is 4.66. The summed E-state index contributed by atoms with van der Waals surface area (Å²) in [5.41, 5.74) is 0. The lowest BCUT2D eigenvalue weighted by atomic mass is 9.97. The SMILES string of the molecule is CCCCCC1OCCC1CNCCC. The summed E-state index contributed by atoms with van der Waals surface area (Å²) in [7, 11) is 0. The first-order chi connectivity index (χ1) is 7.38. The Morgan fingerprint density at radius 1 is 1.20 bits per heavy atom. The predicted octanol–water partition coefficient (Wildman–Crippen LogP) is 2.97. The van der Waals surface area contributed by atoms with Gasteiger partial charge in [0.05, 0.1) is 6.10 Å². The topological polar surface area (TPSA) is 21.3 Å². The highest BCUT2D eigenvalue weighted by atomic mass is 16.5. The maximum absolute atomic E-state index is 5.80. The molecular weight excluding hydrogens is 186 g/mol. The number of rotatable bonds is 8. The van der Waals surface area contributed by atoms with Gasteiger partial charge in [-0.25, -0.2) is 0 Å². The largest absolute Gasteiger partial charge is 0.378 e. The van der Waals surface area contributed by atoms with E-state index in [0.717, 1.165) is 25.6 Å². The van der Waals surface area contributed by atoms with Crippen LogP contribution in [0.3, 0.4) is 0 Å². The number of hydrogen-bond donors (Lipinski definition) is 1. The molecular formula is C13H27NO. The van der Waals surface area contributed by atoms with Crippen molar-refractivity contribution in [3.8, 4) is 0 Å². The summed E-state index contributed by atoms with van der Waals surface area (Å²) in [4.78, 5) is 0. The van der Waals surface area contributed by atoms with Crippen LogP contribution in [-0.2, 0) is 4.74 Å². The summed E-state index contributed by atoms with van der Waals surface area (Å²) in [5.74, 6) is 0.772. The fraction of sp³-hybridized carbons (Fsp3) is 1.00. The molecule has 1 saturated heterocycles. The van der Waals surface area contributed by atoms with Crippen molar-refractivity contribution < 1.29 is 4.74 Å². The summed E-state index contributed by atoms with van der Waals surface area (Å²) in [6.07, 6.45) is 8.31. The Bertz CT molecular complexity index is 133. The molecule has 0 aromatic carbocycles. The zero-order chi connectivity index (χ0) is 10.9. The molecule has 1 fully saturated rings. The molecule has 1 aliphatic rings. The lowest BCUT2D eigenvalue weighted by Crippen LogP contribution is -2.29. The van der Waals surface area contributed by atoms with E-state index in [9.17, 15) is 0 Å². The quantitative estimate of drug-likeness (QED) is 0.626. The standard InChI is InChI=1S/C13H27NO/c1-3-5-6-7-13-12(8-10-15-13)11-14-9-4-2/h12-14H,3-11H2,1-2H3. The van der Waals surface area contributed by atoms with Crippen molar-refractivity contribution in [1.29, 1.82) is 0 Å². The van der Waals surface area contributed by atoms with Gasteiger partial charge in [-0.15, -0.1) is 0 Å². The first-order valence-electron chi connectivity index (χ1n) is 6.70. The van der Waals surface area contributed by atoms with Crippen LogP contribution in [0.4, 0.5) is 0 Å². The lowest BCUT2D eigenvalue weighted by molar-refractivity contribution is 0.0810. The van der Waals surface area contributed by atoms with Gasteiger partial charge in [0.2, 0.25) is 0 Å². The van der Waals surface area contributed by atoms with Gasteiger partial charge in [-0.3, -0.25) is 0 Å². The zero-order valence-electron chi connectivity index (χ0n) is 10.4. The van der Waals surface area contributed by atoms with Crippen molar-refractivity contribution in [2.75, 3.05) is 19.7 Å². The maximum Gasteiger partial charge on any atom is 0.0616 e. The molecule has 0 aromatic heterocycles. The smallest absolute Gasteiger partial charge is 0.0616 e. The Hall–Kier alpha value is -0.0800. The van der Waals surface area contributed by atoms with Crippen molar-refractivity contribution in [1.82, 2.24) is 5.32 Å². The van der Waals surface area contributed by atoms with E-state index in [1.165, 1.54) is 38.5 Å². The Balaban J connectivity index is 2.11. The number of ether oxygens (including phenoxy) is 1. The summed E-state index contributed by atoms with van der Waals surface area (Å²) in [6.45, 7) is 7.77. The molecule has 0 saturated carbocycles. The van der Waals surface area contributed by atoms with Crippen molar-refractivity contribution in [3.05, 3.63) is 0 Å². The van der Waals surface area contributed by atoms with Gasteiger partial charge in [-0.05, 0) is 31.7 Å². The van der Waals surface area contributed by atoms with Crippen LogP contribution < -0.4 is 5.32 Å². The van der Waals surface area contributed by atoms with Gasteiger partial charge in [-0.1, -0.05) is 33.1 Å². The molecule has 0 radical (unpaired) electrons. The normalized spacial score (nSPS) is 26.0. The molecule has 1 N–H and O–H groups in total. The van der Waals surface area contributed by atoms with Crippen molar-refractivity contribution in [3.63, 3.8) is 0 Å². The minimum Gasteiger partial charge on any atom is -0.378 e. The molecule has 1 heterocycles. The van der Waals surface area contributed by atoms with Gasteiger partial charge in [0.25, 0.3) is 0 Å². The summed E-state index contributed by atoms with van der Waals surface area (Å²) >= 11 is 0. The summed E-state index contributed by atoms with van der Waals surface area (Å²) in [6, 6.07) is 0. The number of nitrogens with one attached hydrogen (secondary N) is 1. The highest BCUT2D eigenvalue weighted by molar-refractivity contribution is 4.77. The lowest BCUT2D eigenvalue weighted by Gasteiger charge is -2.18. The Morgan fingerprint density at radius 3 is 2.80 bits per heavy atom. The molecule has 15 heavy (non-hydrogen) atoms. The van der Waals surface area contributed by atoms with Gasteiger partial charge in [0.15, 0.2) is 0 Å². The first-order valence-corrected chi connectivity index (χ1v) is 6.70. The molecule has 0 aliphatic carbocycles. The Morgan fingerprint density at radius 2 is 2.07 bits per heavy atom. The second kappa shape index (κ2) is 8.12. The first kappa shape index (κ1) is 13.0.